The average Bonchev–Trinajstić information content (AvgIpc) is 3.50. The van der Waals surface area contributed by atoms with Gasteiger partial charge in [-0.25, -0.2) is 14.4 Å². The molecule has 0 atom stereocenters. The van der Waals surface area contributed by atoms with Gasteiger partial charge in [0.05, 0.1) is 19.0 Å². The maximum Gasteiger partial charge on any atom is 0.293 e. The Balaban J connectivity index is 1.53. The number of nitrogens with zero attached hydrogens (tertiary/aromatic N) is 6. The number of nitrogens with one attached hydrogen (secondary N) is 1. The van der Waals surface area contributed by atoms with Crippen molar-refractivity contribution in [2.24, 2.45) is 5.10 Å². The number of aromatic nitrogens is 5. The van der Waals surface area contributed by atoms with Crippen molar-refractivity contribution < 1.29 is 23.3 Å². The third-order valence-electron chi connectivity index (χ3n) is 5.06. The van der Waals surface area contributed by atoms with Crippen LogP contribution in [0.25, 0.3) is 5.82 Å². The van der Waals surface area contributed by atoms with Gasteiger partial charge in [-0.05, 0) is 46.1 Å². The van der Waals surface area contributed by atoms with Gasteiger partial charge in [0.15, 0.2) is 17.2 Å². The average molecular weight is 494 g/mol. The number of nitrogen functional groups attached to an aromatic ring is 1. The molecule has 186 valence electrons. The third-order valence-corrected chi connectivity index (χ3v) is 5.06. The lowest BCUT2D eigenvalue weighted by Gasteiger charge is -2.13. The maximum atomic E-state index is 13.2. The van der Waals surface area contributed by atoms with Crippen molar-refractivity contribution in [2.75, 3.05) is 12.8 Å². The Kier molecular flexibility index (Phi) is 7.18. The summed E-state index contributed by atoms with van der Waals surface area (Å²) in [6.45, 7) is 3.90. The highest BCUT2D eigenvalue weighted by Gasteiger charge is 2.25. The summed E-state index contributed by atoms with van der Waals surface area (Å²) in [7, 11) is 1.51. The van der Waals surface area contributed by atoms with Crippen LogP contribution in [0.1, 0.15) is 47.1 Å². The van der Waals surface area contributed by atoms with E-state index in [4.69, 9.17) is 15.2 Å². The number of benzene rings is 2. The molecule has 36 heavy (non-hydrogen) atoms. The molecule has 0 fully saturated rings. The number of ether oxygens (including phenoxy) is 2. The molecule has 0 aliphatic rings. The number of anilines is 1. The smallest absolute Gasteiger partial charge is 0.293 e. The Morgan fingerprint density at radius 2 is 2.03 bits per heavy atom. The van der Waals surface area contributed by atoms with E-state index in [0.29, 0.717) is 22.8 Å². The zero-order valence-electron chi connectivity index (χ0n) is 19.7. The molecule has 2 aromatic carbocycles. The maximum absolute atomic E-state index is 13.2. The number of para-hydroxylation sites is 1. The predicted molar refractivity (Wildman–Crippen MR) is 127 cm³/mol. The number of rotatable bonds is 9. The van der Waals surface area contributed by atoms with Crippen LogP contribution >= 0.6 is 0 Å². The molecule has 0 saturated heterocycles. The van der Waals surface area contributed by atoms with E-state index in [2.05, 4.69) is 35.8 Å². The van der Waals surface area contributed by atoms with Crippen molar-refractivity contribution in [1.82, 2.24) is 30.7 Å². The molecular formula is C23H23FN8O4. The summed E-state index contributed by atoms with van der Waals surface area (Å²) in [5, 5.41) is 19.2. The van der Waals surface area contributed by atoms with Crippen LogP contribution in [0.15, 0.2) is 52.2 Å². The fraction of sp³-hybridized carbons (Fsp3) is 0.217. The molecule has 0 spiro atoms. The van der Waals surface area contributed by atoms with Crippen molar-refractivity contribution in [3.63, 3.8) is 0 Å². The van der Waals surface area contributed by atoms with Gasteiger partial charge in [0, 0.05) is 5.56 Å². The lowest BCUT2D eigenvalue weighted by atomic mass is 10.1. The molecule has 0 aliphatic carbocycles. The van der Waals surface area contributed by atoms with Gasteiger partial charge in [0.1, 0.15) is 12.4 Å². The highest BCUT2D eigenvalue weighted by Crippen LogP contribution is 2.31. The first-order valence-corrected chi connectivity index (χ1v) is 10.8. The summed E-state index contributed by atoms with van der Waals surface area (Å²) < 4.78 is 30.4. The van der Waals surface area contributed by atoms with Crippen LogP contribution in [0, 0.1) is 5.82 Å². The van der Waals surface area contributed by atoms with Gasteiger partial charge in [0.25, 0.3) is 5.91 Å². The molecule has 3 N–H and O–H groups in total. The fourth-order valence-electron chi connectivity index (χ4n) is 3.36. The normalized spacial score (nSPS) is 11.2. The molecule has 2 heterocycles. The highest BCUT2D eigenvalue weighted by atomic mass is 19.1. The summed E-state index contributed by atoms with van der Waals surface area (Å²) in [6, 6.07) is 11.2. The minimum Gasteiger partial charge on any atom is -0.493 e. The standard InChI is InChI=1S/C23H23FN8O4/c1-13(2)19-18(27-31-32(19)22-21(25)29-36-30-22)23(33)28-26-11-15-5-4-6-17(34-3)20(15)35-12-14-7-9-16(24)10-8-14/h4-11,13H,12H2,1-3H3,(H2,25,29)(H,28,33)/b26-11-. The first-order valence-electron chi connectivity index (χ1n) is 10.8. The molecular weight excluding hydrogens is 471 g/mol. The second-order valence-corrected chi connectivity index (χ2v) is 7.86. The summed E-state index contributed by atoms with van der Waals surface area (Å²) in [6.07, 6.45) is 1.42. The lowest BCUT2D eigenvalue weighted by molar-refractivity contribution is 0.0948. The van der Waals surface area contributed by atoms with E-state index in [1.54, 1.807) is 30.3 Å². The topological polar surface area (TPSA) is 156 Å². The fourth-order valence-corrected chi connectivity index (χ4v) is 3.36. The van der Waals surface area contributed by atoms with E-state index in [1.165, 1.54) is 30.1 Å². The van der Waals surface area contributed by atoms with Crippen molar-refractivity contribution in [3.05, 3.63) is 70.8 Å². The van der Waals surface area contributed by atoms with Crippen LogP contribution in [0.4, 0.5) is 10.2 Å². The Hall–Kier alpha value is -4.81. The molecule has 2 aromatic heterocycles. The summed E-state index contributed by atoms with van der Waals surface area (Å²) >= 11 is 0. The van der Waals surface area contributed by atoms with Crippen LogP contribution in [0.2, 0.25) is 0 Å². The van der Waals surface area contributed by atoms with Crippen LogP contribution in [-0.4, -0.2) is 44.5 Å². The molecule has 4 rings (SSSR count). The van der Waals surface area contributed by atoms with Crippen molar-refractivity contribution in [1.29, 1.82) is 0 Å². The number of amides is 1. The monoisotopic (exact) mass is 494 g/mol. The van der Waals surface area contributed by atoms with Gasteiger partial charge in [-0.15, -0.1) is 5.10 Å². The van der Waals surface area contributed by atoms with Gasteiger partial charge in [-0.3, -0.25) is 4.79 Å². The number of nitrogens with two attached hydrogens (primary N) is 1. The summed E-state index contributed by atoms with van der Waals surface area (Å²) in [5.74, 6) is -0.0626. The zero-order chi connectivity index (χ0) is 25.7. The van der Waals surface area contributed by atoms with E-state index in [-0.39, 0.29) is 35.7 Å². The molecule has 0 radical (unpaired) electrons. The number of halogens is 1. The molecule has 0 aliphatic heterocycles. The Labute approximate surface area is 204 Å². The van der Waals surface area contributed by atoms with E-state index >= 15 is 0 Å². The van der Waals surface area contributed by atoms with Crippen molar-refractivity contribution in [3.8, 4) is 17.3 Å². The first kappa shape index (κ1) is 24.3. The van der Waals surface area contributed by atoms with Gasteiger partial charge in [0.2, 0.25) is 11.6 Å². The molecule has 0 bridgehead atoms. The minimum atomic E-state index is -0.590. The van der Waals surface area contributed by atoms with Crippen molar-refractivity contribution >= 4 is 17.9 Å². The number of hydrogen-bond acceptors (Lipinski definition) is 10. The molecule has 0 saturated carbocycles. The second-order valence-electron chi connectivity index (χ2n) is 7.86. The summed E-state index contributed by atoms with van der Waals surface area (Å²) in [5.41, 5.74) is 10.0. The quantitative estimate of drug-likeness (QED) is 0.264. The van der Waals surface area contributed by atoms with Gasteiger partial charge < -0.3 is 15.2 Å². The first-order chi connectivity index (χ1) is 17.4. The number of hydrazone groups is 1. The van der Waals surface area contributed by atoms with Crippen LogP contribution in [-0.2, 0) is 6.61 Å². The Morgan fingerprint density at radius 3 is 2.69 bits per heavy atom. The van der Waals surface area contributed by atoms with E-state index in [0.717, 1.165) is 5.56 Å². The van der Waals surface area contributed by atoms with Crippen LogP contribution in [0.5, 0.6) is 11.5 Å². The summed E-state index contributed by atoms with van der Waals surface area (Å²) in [4.78, 5) is 12.9. The third kappa shape index (κ3) is 5.14. The van der Waals surface area contributed by atoms with E-state index < -0.39 is 5.91 Å². The molecule has 1 amide bonds. The van der Waals surface area contributed by atoms with E-state index in [1.807, 2.05) is 13.8 Å². The molecule has 0 unspecified atom stereocenters. The highest BCUT2D eigenvalue weighted by molar-refractivity contribution is 5.94. The van der Waals surface area contributed by atoms with Gasteiger partial charge in [-0.2, -0.15) is 9.78 Å². The predicted octanol–water partition coefficient (Wildman–Crippen LogP) is 2.85. The SMILES string of the molecule is COc1cccc(/C=N\NC(=O)c2nnn(-c3nonc3N)c2C(C)C)c1OCc1ccc(F)cc1. The lowest BCUT2D eigenvalue weighted by Crippen LogP contribution is -2.21. The molecule has 4 aromatic rings. The largest absolute Gasteiger partial charge is 0.493 e. The zero-order valence-corrected chi connectivity index (χ0v) is 19.7. The number of carbonyl (C=O) groups is 1. The number of methoxy groups -OCH3 is 1. The van der Waals surface area contributed by atoms with Crippen LogP contribution < -0.4 is 20.6 Å². The van der Waals surface area contributed by atoms with Crippen LogP contribution in [0.3, 0.4) is 0 Å². The van der Waals surface area contributed by atoms with Gasteiger partial charge in [-0.1, -0.05) is 37.3 Å². The number of carbonyl (C=O) groups excluding carboxylic acids is 1. The Bertz CT molecular complexity index is 1380. The van der Waals surface area contributed by atoms with Crippen molar-refractivity contribution in [2.45, 2.75) is 26.4 Å². The molecule has 13 heteroatoms. The second kappa shape index (κ2) is 10.6. The Morgan fingerprint density at radius 1 is 1.25 bits per heavy atom. The van der Waals surface area contributed by atoms with Gasteiger partial charge >= 0.3 is 0 Å². The minimum absolute atomic E-state index is 0.0120. The molecule has 12 nitrogen and oxygen atoms in total. The number of hydrogen-bond donors (Lipinski definition) is 2. The van der Waals surface area contributed by atoms with E-state index in [9.17, 15) is 9.18 Å².